The summed E-state index contributed by atoms with van der Waals surface area (Å²) in [4.78, 5) is 14.8. The molecule has 1 amide bonds. The van der Waals surface area contributed by atoms with E-state index in [-0.39, 0.29) is 17.5 Å². The number of ether oxygens (including phenoxy) is 3. The molecule has 2 aromatic rings. The lowest BCUT2D eigenvalue weighted by Crippen LogP contribution is -2.35. The number of benzene rings is 2. The molecule has 1 aliphatic rings. The highest BCUT2D eigenvalue weighted by Gasteiger charge is 2.21. The summed E-state index contributed by atoms with van der Waals surface area (Å²) in [6, 6.07) is 10.3. The van der Waals surface area contributed by atoms with E-state index in [2.05, 4.69) is 10.2 Å². The molecule has 1 heterocycles. The third kappa shape index (κ3) is 6.59. The average Bonchev–Trinajstić information content (AvgIpc) is 2.79. The fraction of sp³-hybridized carbons (Fsp3) is 0.458. The number of amides is 1. The molecule has 1 fully saturated rings. The van der Waals surface area contributed by atoms with Gasteiger partial charge >= 0.3 is 0 Å². The zero-order valence-corrected chi connectivity index (χ0v) is 18.4. The van der Waals surface area contributed by atoms with Gasteiger partial charge in [-0.1, -0.05) is 6.07 Å². The Balaban J connectivity index is 1.50. The summed E-state index contributed by atoms with van der Waals surface area (Å²) in [5.41, 5.74) is 1.69. The molecule has 3 rings (SSSR count). The van der Waals surface area contributed by atoms with Crippen LogP contribution < -0.4 is 19.5 Å². The summed E-state index contributed by atoms with van der Waals surface area (Å²) in [5.74, 6) is 1.64. The van der Waals surface area contributed by atoms with E-state index in [4.69, 9.17) is 14.2 Å². The highest BCUT2D eigenvalue weighted by Crippen LogP contribution is 2.27. The second kappa shape index (κ2) is 11.0. The van der Waals surface area contributed by atoms with E-state index in [0.717, 1.165) is 44.5 Å². The normalized spacial score (nSPS) is 16.6. The van der Waals surface area contributed by atoms with Gasteiger partial charge in [-0.05, 0) is 49.4 Å². The Hall–Kier alpha value is -2.80. The molecule has 0 radical (unpaired) electrons. The summed E-state index contributed by atoms with van der Waals surface area (Å²) in [7, 11) is 4.64. The van der Waals surface area contributed by atoms with Crippen molar-refractivity contribution in [2.45, 2.75) is 32.2 Å². The lowest BCUT2D eigenvalue weighted by atomic mass is 9.93. The van der Waals surface area contributed by atoms with Crippen molar-refractivity contribution in [3.05, 3.63) is 47.8 Å². The largest absolute Gasteiger partial charge is 0.497 e. The van der Waals surface area contributed by atoms with Gasteiger partial charge in [0.25, 0.3) is 0 Å². The zero-order chi connectivity index (χ0) is 22.2. The molecule has 7 heteroatoms. The van der Waals surface area contributed by atoms with Gasteiger partial charge in [0.1, 0.15) is 11.5 Å². The molecule has 2 aromatic carbocycles. The monoisotopic (exact) mass is 430 g/mol. The minimum Gasteiger partial charge on any atom is -0.497 e. The van der Waals surface area contributed by atoms with Crippen LogP contribution in [0.25, 0.3) is 0 Å². The van der Waals surface area contributed by atoms with Gasteiger partial charge in [0, 0.05) is 43.4 Å². The lowest BCUT2D eigenvalue weighted by molar-refractivity contribution is -0.116. The standard InChI is InChI=1S/C24H31FN2O4/c1-29-20-12-19(13-21(14-20)30-2)26-24(28)9-7-17-5-4-10-27(15-17)16-18-6-8-22(25)23(11-18)31-3/h6,8,11-14,17H,4-5,7,9-10,15-16H2,1-3H3,(H,26,28). The molecule has 0 aromatic heterocycles. The van der Waals surface area contributed by atoms with E-state index in [1.54, 1.807) is 44.6 Å². The topological polar surface area (TPSA) is 60.0 Å². The number of rotatable bonds is 9. The number of piperidine rings is 1. The van der Waals surface area contributed by atoms with Crippen molar-refractivity contribution < 1.29 is 23.4 Å². The number of nitrogens with zero attached hydrogens (tertiary/aromatic N) is 1. The average molecular weight is 431 g/mol. The van der Waals surface area contributed by atoms with Crippen LogP contribution in [0.3, 0.4) is 0 Å². The smallest absolute Gasteiger partial charge is 0.224 e. The van der Waals surface area contributed by atoms with Crippen LogP contribution in [0, 0.1) is 11.7 Å². The molecule has 6 nitrogen and oxygen atoms in total. The maximum absolute atomic E-state index is 13.6. The van der Waals surface area contributed by atoms with Crippen molar-refractivity contribution in [2.24, 2.45) is 5.92 Å². The van der Waals surface area contributed by atoms with Crippen LogP contribution in [-0.2, 0) is 11.3 Å². The van der Waals surface area contributed by atoms with E-state index >= 15 is 0 Å². The number of likely N-dealkylation sites (tertiary alicyclic amines) is 1. The van der Waals surface area contributed by atoms with Crippen LogP contribution in [0.4, 0.5) is 10.1 Å². The van der Waals surface area contributed by atoms with Crippen molar-refractivity contribution in [1.82, 2.24) is 4.90 Å². The summed E-state index contributed by atoms with van der Waals surface area (Å²) < 4.78 is 29.2. The van der Waals surface area contributed by atoms with Crippen molar-refractivity contribution in [3.63, 3.8) is 0 Å². The summed E-state index contributed by atoms with van der Waals surface area (Å²) in [5, 5.41) is 2.94. The number of methoxy groups -OCH3 is 3. The first-order valence-corrected chi connectivity index (χ1v) is 10.6. The fourth-order valence-corrected chi connectivity index (χ4v) is 4.03. The molecule has 0 saturated carbocycles. The fourth-order valence-electron chi connectivity index (χ4n) is 4.03. The maximum atomic E-state index is 13.6. The molecular formula is C24H31FN2O4. The minimum atomic E-state index is -0.345. The van der Waals surface area contributed by atoms with E-state index in [9.17, 15) is 9.18 Å². The van der Waals surface area contributed by atoms with Crippen molar-refractivity contribution in [2.75, 3.05) is 39.7 Å². The number of carbonyl (C=O) groups excluding carboxylic acids is 1. The summed E-state index contributed by atoms with van der Waals surface area (Å²) >= 11 is 0. The first-order chi connectivity index (χ1) is 15.0. The van der Waals surface area contributed by atoms with Gasteiger partial charge in [0.05, 0.1) is 21.3 Å². The number of hydrogen-bond acceptors (Lipinski definition) is 5. The van der Waals surface area contributed by atoms with E-state index < -0.39 is 0 Å². The molecule has 1 atom stereocenters. The van der Waals surface area contributed by atoms with Gasteiger partial charge in [0.2, 0.25) is 5.91 Å². The van der Waals surface area contributed by atoms with E-state index in [1.807, 2.05) is 0 Å². The Bertz CT molecular complexity index is 868. The van der Waals surface area contributed by atoms with Gasteiger partial charge in [-0.25, -0.2) is 4.39 Å². The Labute approximate surface area is 183 Å². The maximum Gasteiger partial charge on any atom is 0.224 e. The van der Waals surface area contributed by atoms with Crippen LogP contribution in [-0.4, -0.2) is 45.2 Å². The number of hydrogen-bond donors (Lipinski definition) is 1. The molecule has 31 heavy (non-hydrogen) atoms. The van der Waals surface area contributed by atoms with Gasteiger partial charge in [0.15, 0.2) is 11.6 Å². The first-order valence-electron chi connectivity index (χ1n) is 10.6. The number of nitrogens with one attached hydrogen (secondary N) is 1. The molecule has 1 unspecified atom stereocenters. The third-order valence-electron chi connectivity index (χ3n) is 5.64. The van der Waals surface area contributed by atoms with Crippen molar-refractivity contribution in [1.29, 1.82) is 0 Å². The molecule has 0 spiro atoms. The molecule has 1 aliphatic heterocycles. The lowest BCUT2D eigenvalue weighted by Gasteiger charge is -2.32. The van der Waals surface area contributed by atoms with Crippen LogP contribution in [0.1, 0.15) is 31.2 Å². The first kappa shape index (κ1) is 22.9. The summed E-state index contributed by atoms with van der Waals surface area (Å²) in [6.45, 7) is 2.69. The Morgan fingerprint density at radius 3 is 2.52 bits per heavy atom. The molecule has 1 saturated heterocycles. The SMILES string of the molecule is COc1cc(NC(=O)CCC2CCCN(Cc3ccc(F)c(OC)c3)C2)cc(OC)c1. The predicted molar refractivity (Wildman–Crippen MR) is 118 cm³/mol. The molecule has 1 N–H and O–H groups in total. The predicted octanol–water partition coefficient (Wildman–Crippen LogP) is 4.48. The van der Waals surface area contributed by atoms with Gasteiger partial charge in [-0.3, -0.25) is 9.69 Å². The highest BCUT2D eigenvalue weighted by molar-refractivity contribution is 5.91. The minimum absolute atomic E-state index is 0.0179. The van der Waals surface area contributed by atoms with Gasteiger partial charge in [-0.2, -0.15) is 0 Å². The van der Waals surface area contributed by atoms with E-state index in [1.165, 1.54) is 13.2 Å². The van der Waals surface area contributed by atoms with Crippen LogP contribution in [0.5, 0.6) is 17.2 Å². The Morgan fingerprint density at radius 2 is 1.84 bits per heavy atom. The number of halogens is 1. The molecular weight excluding hydrogens is 399 g/mol. The summed E-state index contributed by atoms with van der Waals surface area (Å²) in [6.07, 6.45) is 3.50. The van der Waals surface area contributed by atoms with Gasteiger partial charge in [-0.15, -0.1) is 0 Å². The third-order valence-corrected chi connectivity index (χ3v) is 5.64. The van der Waals surface area contributed by atoms with Crippen molar-refractivity contribution >= 4 is 11.6 Å². The van der Waals surface area contributed by atoms with Crippen molar-refractivity contribution in [3.8, 4) is 17.2 Å². The Morgan fingerprint density at radius 1 is 1.10 bits per heavy atom. The zero-order valence-electron chi connectivity index (χ0n) is 18.4. The molecule has 0 bridgehead atoms. The molecule has 168 valence electrons. The van der Waals surface area contributed by atoms with Crippen LogP contribution in [0.15, 0.2) is 36.4 Å². The van der Waals surface area contributed by atoms with Crippen LogP contribution >= 0.6 is 0 Å². The number of anilines is 1. The second-order valence-electron chi connectivity index (χ2n) is 7.90. The second-order valence-corrected chi connectivity index (χ2v) is 7.90. The van der Waals surface area contributed by atoms with Crippen LogP contribution in [0.2, 0.25) is 0 Å². The van der Waals surface area contributed by atoms with E-state index in [0.29, 0.717) is 29.5 Å². The number of carbonyl (C=O) groups is 1. The molecule has 0 aliphatic carbocycles. The van der Waals surface area contributed by atoms with Gasteiger partial charge < -0.3 is 19.5 Å². The Kier molecular flexibility index (Phi) is 8.12. The quantitative estimate of drug-likeness (QED) is 0.636. The highest BCUT2D eigenvalue weighted by atomic mass is 19.1.